The molecule has 1 aliphatic rings. The number of piperazine rings is 1. The van der Waals surface area contributed by atoms with Crippen molar-refractivity contribution in [2.45, 2.75) is 6.18 Å². The van der Waals surface area contributed by atoms with Gasteiger partial charge >= 0.3 is 12.2 Å². The molecule has 1 aliphatic heterocycles. The summed E-state index contributed by atoms with van der Waals surface area (Å²) in [6.45, 7) is 3.42. The highest BCUT2D eigenvalue weighted by molar-refractivity contribution is 6.10. The van der Waals surface area contributed by atoms with Gasteiger partial charge in [0.05, 0.1) is 22.8 Å². The fourth-order valence-corrected chi connectivity index (χ4v) is 4.10. The summed E-state index contributed by atoms with van der Waals surface area (Å²) in [4.78, 5) is 36.7. The summed E-state index contributed by atoms with van der Waals surface area (Å²) < 4.78 is 38.1. The lowest BCUT2D eigenvalue weighted by atomic mass is 10.0. The van der Waals surface area contributed by atoms with Gasteiger partial charge in [0.15, 0.2) is 5.78 Å². The average molecular weight is 521 g/mol. The van der Waals surface area contributed by atoms with Gasteiger partial charge < -0.3 is 20.9 Å². The van der Waals surface area contributed by atoms with Gasteiger partial charge in [-0.05, 0) is 66.7 Å². The normalized spacial score (nSPS) is 13.8. The van der Waals surface area contributed by atoms with E-state index in [2.05, 4.69) is 25.8 Å². The number of nitrogens with zero attached hydrogens (tertiary/aromatic N) is 3. The van der Waals surface area contributed by atoms with Gasteiger partial charge in [-0.15, -0.1) is 0 Å². The summed E-state index contributed by atoms with van der Waals surface area (Å²) in [7, 11) is 0. The highest BCUT2D eigenvalue weighted by atomic mass is 19.4. The predicted molar refractivity (Wildman–Crippen MR) is 139 cm³/mol. The zero-order valence-electron chi connectivity index (χ0n) is 20.0. The Balaban J connectivity index is 1.24. The van der Waals surface area contributed by atoms with Crippen LogP contribution in [0.15, 0.2) is 72.9 Å². The molecule has 5 rings (SSSR count). The van der Waals surface area contributed by atoms with Crippen LogP contribution in [0.25, 0.3) is 11.0 Å². The number of rotatable bonds is 5. The number of halogens is 3. The van der Waals surface area contributed by atoms with Gasteiger partial charge in [0.2, 0.25) is 0 Å². The van der Waals surface area contributed by atoms with E-state index in [9.17, 15) is 22.8 Å². The number of carbonyl (C=O) groups excluding carboxylic acids is 2. The third kappa shape index (κ3) is 5.73. The predicted octanol–water partition coefficient (Wildman–Crippen LogP) is 4.93. The molecular weight excluding hydrogens is 497 g/mol. The third-order valence-corrected chi connectivity index (χ3v) is 6.11. The van der Waals surface area contributed by atoms with Gasteiger partial charge in [-0.2, -0.15) is 13.2 Å². The first-order valence-corrected chi connectivity index (χ1v) is 11.9. The number of alkyl halides is 3. The number of ketones is 1. The van der Waals surface area contributed by atoms with Gasteiger partial charge in [-0.25, -0.2) is 9.78 Å². The molecule has 0 saturated carbocycles. The summed E-state index contributed by atoms with van der Waals surface area (Å²) in [5.74, 6) is 0.565. The maximum atomic E-state index is 13.1. The average Bonchev–Trinajstić information content (AvgIpc) is 2.92. The number of nitrogens with one attached hydrogen (secondary N) is 3. The van der Waals surface area contributed by atoms with Gasteiger partial charge in [0.25, 0.3) is 0 Å². The van der Waals surface area contributed by atoms with Crippen LogP contribution in [0.1, 0.15) is 21.5 Å². The number of urea groups is 1. The molecule has 0 radical (unpaired) electrons. The summed E-state index contributed by atoms with van der Waals surface area (Å²) in [6.07, 6.45) is -2.71. The van der Waals surface area contributed by atoms with Crippen molar-refractivity contribution in [3.05, 3.63) is 89.6 Å². The third-order valence-electron chi connectivity index (χ3n) is 6.11. The van der Waals surface area contributed by atoms with E-state index in [1.54, 1.807) is 48.7 Å². The number of benzene rings is 3. The molecule has 38 heavy (non-hydrogen) atoms. The number of aromatic nitrogens is 2. The standard InChI is InChI=1S/C27H23F3N6O2/c28-27(29,30)19-4-8-21(9-5-19)34-26(38)33-20-6-1-17(2-7-20)25(37)18-3-10-22-23(15-18)35-24(16-32-22)36-13-11-31-12-14-36/h1-10,15-16,31H,11-14H2,(H2,33,34,38). The molecule has 1 saturated heterocycles. The molecule has 0 aliphatic carbocycles. The molecule has 0 bridgehead atoms. The van der Waals surface area contributed by atoms with Crippen molar-refractivity contribution in [2.75, 3.05) is 41.7 Å². The van der Waals surface area contributed by atoms with E-state index in [-0.39, 0.29) is 11.5 Å². The Hall–Kier alpha value is -4.51. The second-order valence-electron chi connectivity index (χ2n) is 8.73. The molecule has 0 spiro atoms. The Morgan fingerprint density at radius 2 is 1.42 bits per heavy atom. The molecule has 4 aromatic rings. The van der Waals surface area contributed by atoms with Crippen LogP contribution >= 0.6 is 0 Å². The lowest BCUT2D eigenvalue weighted by molar-refractivity contribution is -0.137. The molecule has 3 N–H and O–H groups in total. The van der Waals surface area contributed by atoms with Crippen LogP contribution < -0.4 is 20.9 Å². The van der Waals surface area contributed by atoms with Crippen molar-refractivity contribution in [2.24, 2.45) is 0 Å². The van der Waals surface area contributed by atoms with Crippen molar-refractivity contribution < 1.29 is 22.8 Å². The molecule has 0 unspecified atom stereocenters. The SMILES string of the molecule is O=C(Nc1ccc(C(=O)c2ccc3ncc(N4CCNCC4)nc3c2)cc1)Nc1ccc(C(F)(F)F)cc1. The van der Waals surface area contributed by atoms with Crippen molar-refractivity contribution in [1.82, 2.24) is 15.3 Å². The smallest absolute Gasteiger partial charge is 0.353 e. The summed E-state index contributed by atoms with van der Waals surface area (Å²) in [5, 5.41) is 8.36. The van der Waals surface area contributed by atoms with Crippen molar-refractivity contribution in [3.8, 4) is 0 Å². The van der Waals surface area contributed by atoms with Crippen LogP contribution in [0.3, 0.4) is 0 Å². The molecule has 3 aromatic carbocycles. The molecular formula is C27H23F3N6O2. The first-order chi connectivity index (χ1) is 18.3. The Bertz CT molecular complexity index is 1470. The van der Waals surface area contributed by atoms with E-state index in [0.29, 0.717) is 27.8 Å². The van der Waals surface area contributed by atoms with Crippen LogP contribution in [0.2, 0.25) is 0 Å². The number of anilines is 3. The summed E-state index contributed by atoms with van der Waals surface area (Å²) in [5.41, 5.74) is 2.03. The molecule has 1 fully saturated rings. The molecule has 194 valence electrons. The van der Waals surface area contributed by atoms with E-state index in [1.807, 2.05) is 0 Å². The maximum absolute atomic E-state index is 13.1. The van der Waals surface area contributed by atoms with Gasteiger partial charge in [-0.3, -0.25) is 9.78 Å². The largest absolute Gasteiger partial charge is 0.416 e. The van der Waals surface area contributed by atoms with E-state index in [4.69, 9.17) is 4.98 Å². The number of amides is 2. The Morgan fingerprint density at radius 3 is 2.05 bits per heavy atom. The highest BCUT2D eigenvalue weighted by Gasteiger charge is 2.30. The number of hydrogen-bond donors (Lipinski definition) is 3. The molecule has 1 aromatic heterocycles. The molecule has 8 nitrogen and oxygen atoms in total. The Kier molecular flexibility index (Phi) is 6.93. The molecule has 11 heteroatoms. The van der Waals surface area contributed by atoms with Gasteiger partial charge in [0, 0.05) is 48.7 Å². The molecule has 2 amide bonds. The number of hydrogen-bond acceptors (Lipinski definition) is 6. The first kappa shape index (κ1) is 25.2. The van der Waals surface area contributed by atoms with Crippen LogP contribution in [0.5, 0.6) is 0 Å². The minimum Gasteiger partial charge on any atom is -0.353 e. The van der Waals surface area contributed by atoms with E-state index in [0.717, 1.165) is 44.1 Å². The van der Waals surface area contributed by atoms with Crippen molar-refractivity contribution in [1.29, 1.82) is 0 Å². The van der Waals surface area contributed by atoms with Crippen molar-refractivity contribution >= 4 is 40.0 Å². The first-order valence-electron chi connectivity index (χ1n) is 11.9. The minimum absolute atomic E-state index is 0.206. The second kappa shape index (κ2) is 10.5. The fourth-order valence-electron chi connectivity index (χ4n) is 4.10. The molecule has 2 heterocycles. The quantitative estimate of drug-likeness (QED) is 0.323. The van der Waals surface area contributed by atoms with Crippen LogP contribution in [0.4, 0.5) is 35.2 Å². The van der Waals surface area contributed by atoms with E-state index < -0.39 is 17.8 Å². The minimum atomic E-state index is -4.45. The van der Waals surface area contributed by atoms with Crippen LogP contribution in [0, 0.1) is 0 Å². The maximum Gasteiger partial charge on any atom is 0.416 e. The number of carbonyl (C=O) groups is 2. The molecule has 0 atom stereocenters. The highest BCUT2D eigenvalue weighted by Crippen LogP contribution is 2.30. The lowest BCUT2D eigenvalue weighted by Gasteiger charge is -2.28. The zero-order chi connectivity index (χ0) is 26.7. The van der Waals surface area contributed by atoms with Crippen LogP contribution in [-0.4, -0.2) is 48.0 Å². The van der Waals surface area contributed by atoms with E-state index in [1.165, 1.54) is 12.1 Å². The second-order valence-corrected chi connectivity index (χ2v) is 8.73. The fraction of sp³-hybridized carbons (Fsp3) is 0.185. The van der Waals surface area contributed by atoms with Gasteiger partial charge in [-0.1, -0.05) is 0 Å². The Labute approximate surface area is 215 Å². The van der Waals surface area contributed by atoms with Crippen molar-refractivity contribution in [3.63, 3.8) is 0 Å². The van der Waals surface area contributed by atoms with E-state index >= 15 is 0 Å². The Morgan fingerprint density at radius 1 is 0.816 bits per heavy atom. The monoisotopic (exact) mass is 520 g/mol. The topological polar surface area (TPSA) is 99.2 Å². The zero-order valence-corrected chi connectivity index (χ0v) is 20.0. The lowest BCUT2D eigenvalue weighted by Crippen LogP contribution is -2.43. The summed E-state index contributed by atoms with van der Waals surface area (Å²) >= 11 is 0. The van der Waals surface area contributed by atoms with Gasteiger partial charge in [0.1, 0.15) is 5.82 Å². The number of fused-ring (bicyclic) bond motifs is 1. The summed E-state index contributed by atoms with van der Waals surface area (Å²) in [6, 6.07) is 15.0. The van der Waals surface area contributed by atoms with Crippen LogP contribution in [-0.2, 0) is 6.18 Å².